The predicted octanol–water partition coefficient (Wildman–Crippen LogP) is 1.61. The first-order valence-corrected chi connectivity index (χ1v) is 4.10. The van der Waals surface area contributed by atoms with Crippen LogP contribution < -0.4 is 0 Å². The van der Waals surface area contributed by atoms with E-state index in [0.29, 0.717) is 6.61 Å². The first kappa shape index (κ1) is 11.4. The summed E-state index contributed by atoms with van der Waals surface area (Å²) in [5.74, 6) is -0.290. The van der Waals surface area contributed by atoms with Crippen molar-refractivity contribution in [2.24, 2.45) is 5.41 Å². The fourth-order valence-electron chi connectivity index (χ4n) is 0.631. The van der Waals surface area contributed by atoms with Crippen molar-refractivity contribution < 1.29 is 14.3 Å². The van der Waals surface area contributed by atoms with Gasteiger partial charge in [0.15, 0.2) is 0 Å². The topological polar surface area (TPSA) is 35.5 Å². The van der Waals surface area contributed by atoms with Crippen LogP contribution in [0.2, 0.25) is 0 Å². The van der Waals surface area contributed by atoms with E-state index < -0.39 is 0 Å². The van der Waals surface area contributed by atoms with Crippen molar-refractivity contribution in [3.8, 4) is 0 Å². The zero-order chi connectivity index (χ0) is 9.61. The largest absolute Gasteiger partial charge is 0.464 e. The zero-order valence-electron chi connectivity index (χ0n) is 8.35. The fraction of sp³-hybridized carbons (Fsp3) is 0.889. The summed E-state index contributed by atoms with van der Waals surface area (Å²) in [5.41, 5.74) is 0.216. The lowest BCUT2D eigenvalue weighted by Gasteiger charge is -2.17. The smallest absolute Gasteiger partial charge is 0.332 e. The van der Waals surface area contributed by atoms with Crippen LogP contribution >= 0.6 is 0 Å². The predicted molar refractivity (Wildman–Crippen MR) is 46.9 cm³/mol. The van der Waals surface area contributed by atoms with E-state index in [0.717, 1.165) is 6.42 Å². The second-order valence-corrected chi connectivity index (χ2v) is 3.96. The average Bonchev–Trinajstić information content (AvgIpc) is 1.84. The van der Waals surface area contributed by atoms with Gasteiger partial charge in [0.05, 0.1) is 6.61 Å². The van der Waals surface area contributed by atoms with Gasteiger partial charge >= 0.3 is 5.97 Å². The van der Waals surface area contributed by atoms with Crippen molar-refractivity contribution in [1.29, 1.82) is 0 Å². The van der Waals surface area contributed by atoms with Gasteiger partial charge in [-0.3, -0.25) is 0 Å². The molecule has 72 valence electrons. The molecule has 0 aromatic heterocycles. The van der Waals surface area contributed by atoms with E-state index in [2.05, 4.69) is 25.5 Å². The van der Waals surface area contributed by atoms with Crippen molar-refractivity contribution in [1.82, 2.24) is 0 Å². The van der Waals surface area contributed by atoms with Crippen LogP contribution in [-0.2, 0) is 14.3 Å². The van der Waals surface area contributed by atoms with Crippen LogP contribution in [0.25, 0.3) is 0 Å². The van der Waals surface area contributed by atoms with E-state index in [1.807, 2.05) is 0 Å². The van der Waals surface area contributed by atoms with Gasteiger partial charge in [-0.05, 0) is 11.8 Å². The van der Waals surface area contributed by atoms with Crippen molar-refractivity contribution in [3.05, 3.63) is 0 Å². The van der Waals surface area contributed by atoms with Gasteiger partial charge < -0.3 is 9.47 Å². The molecule has 12 heavy (non-hydrogen) atoms. The summed E-state index contributed by atoms with van der Waals surface area (Å²) >= 11 is 0. The second-order valence-electron chi connectivity index (χ2n) is 3.96. The molecule has 0 atom stereocenters. The minimum atomic E-state index is -0.290. The SMILES string of the molecule is COCC(=O)OCCC(C)(C)C. The van der Waals surface area contributed by atoms with Gasteiger partial charge in [-0.25, -0.2) is 4.79 Å². The van der Waals surface area contributed by atoms with Gasteiger partial charge in [0.25, 0.3) is 0 Å². The number of carbonyl (C=O) groups excluding carboxylic acids is 1. The third-order valence-electron chi connectivity index (χ3n) is 1.38. The molecule has 0 heterocycles. The van der Waals surface area contributed by atoms with Crippen molar-refractivity contribution in [2.45, 2.75) is 27.2 Å². The highest BCUT2D eigenvalue weighted by atomic mass is 16.6. The standard InChI is InChI=1S/C9H18O3/c1-9(2,3)5-6-12-8(10)7-11-4/h5-7H2,1-4H3. The molecule has 0 aromatic rings. The molecule has 0 spiro atoms. The lowest BCUT2D eigenvalue weighted by atomic mass is 9.93. The van der Waals surface area contributed by atoms with E-state index in [4.69, 9.17) is 4.74 Å². The Hall–Kier alpha value is -0.570. The Morgan fingerprint density at radius 1 is 1.33 bits per heavy atom. The monoisotopic (exact) mass is 174 g/mol. The first-order chi connectivity index (χ1) is 5.45. The van der Waals surface area contributed by atoms with Crippen LogP contribution in [0.3, 0.4) is 0 Å². The molecule has 0 bridgehead atoms. The average molecular weight is 174 g/mol. The van der Waals surface area contributed by atoms with Crippen LogP contribution in [0.1, 0.15) is 27.2 Å². The maximum Gasteiger partial charge on any atom is 0.332 e. The lowest BCUT2D eigenvalue weighted by Crippen LogP contribution is -2.16. The fourth-order valence-corrected chi connectivity index (χ4v) is 0.631. The Kier molecular flexibility index (Phi) is 4.90. The van der Waals surface area contributed by atoms with Crippen LogP contribution in [-0.4, -0.2) is 26.3 Å². The molecule has 0 aliphatic carbocycles. The molecule has 0 rings (SSSR count). The van der Waals surface area contributed by atoms with E-state index in [1.54, 1.807) is 0 Å². The number of hydrogen-bond donors (Lipinski definition) is 0. The summed E-state index contributed by atoms with van der Waals surface area (Å²) in [4.78, 5) is 10.8. The van der Waals surface area contributed by atoms with Crippen LogP contribution in [0.4, 0.5) is 0 Å². The molecule has 0 unspecified atom stereocenters. The molecular weight excluding hydrogens is 156 g/mol. The highest BCUT2D eigenvalue weighted by Crippen LogP contribution is 2.17. The van der Waals surface area contributed by atoms with Crippen LogP contribution in [0.5, 0.6) is 0 Å². The maximum absolute atomic E-state index is 10.8. The summed E-state index contributed by atoms with van der Waals surface area (Å²) in [7, 11) is 1.48. The third-order valence-corrected chi connectivity index (χ3v) is 1.38. The number of carbonyl (C=O) groups is 1. The van der Waals surface area contributed by atoms with Crippen molar-refractivity contribution in [3.63, 3.8) is 0 Å². The number of methoxy groups -OCH3 is 1. The third kappa shape index (κ3) is 7.54. The lowest BCUT2D eigenvalue weighted by molar-refractivity contribution is -0.148. The molecule has 0 aliphatic heterocycles. The van der Waals surface area contributed by atoms with Gasteiger partial charge in [-0.2, -0.15) is 0 Å². The molecule has 0 radical (unpaired) electrons. The molecule has 0 N–H and O–H groups in total. The number of ether oxygens (including phenoxy) is 2. The Bertz CT molecular complexity index is 135. The minimum absolute atomic E-state index is 0.0458. The van der Waals surface area contributed by atoms with Gasteiger partial charge in [0, 0.05) is 7.11 Å². The van der Waals surface area contributed by atoms with Crippen molar-refractivity contribution in [2.75, 3.05) is 20.3 Å². The molecule has 0 saturated heterocycles. The van der Waals surface area contributed by atoms with Gasteiger partial charge in [-0.15, -0.1) is 0 Å². The first-order valence-electron chi connectivity index (χ1n) is 4.10. The summed E-state index contributed by atoms with van der Waals surface area (Å²) in [6.45, 7) is 6.85. The summed E-state index contributed by atoms with van der Waals surface area (Å²) in [5, 5.41) is 0. The van der Waals surface area contributed by atoms with Gasteiger partial charge in [0.1, 0.15) is 6.61 Å². The van der Waals surface area contributed by atoms with E-state index in [9.17, 15) is 4.79 Å². The number of esters is 1. The summed E-state index contributed by atoms with van der Waals surface area (Å²) in [6.07, 6.45) is 0.877. The molecule has 0 amide bonds. The molecule has 0 aliphatic rings. The summed E-state index contributed by atoms with van der Waals surface area (Å²) < 4.78 is 9.51. The second kappa shape index (κ2) is 5.14. The van der Waals surface area contributed by atoms with Gasteiger partial charge in [0.2, 0.25) is 0 Å². The van der Waals surface area contributed by atoms with Crippen LogP contribution in [0.15, 0.2) is 0 Å². The Labute approximate surface area is 74.0 Å². The zero-order valence-corrected chi connectivity index (χ0v) is 8.35. The molecule has 3 heteroatoms. The molecule has 0 aromatic carbocycles. The van der Waals surface area contributed by atoms with Crippen molar-refractivity contribution >= 4 is 5.97 Å². The Morgan fingerprint density at radius 2 is 1.92 bits per heavy atom. The summed E-state index contributed by atoms with van der Waals surface area (Å²) in [6, 6.07) is 0. The Morgan fingerprint density at radius 3 is 2.33 bits per heavy atom. The molecule has 3 nitrogen and oxygen atoms in total. The molecule has 0 saturated carbocycles. The quantitative estimate of drug-likeness (QED) is 0.607. The van der Waals surface area contributed by atoms with Gasteiger partial charge in [-0.1, -0.05) is 20.8 Å². The number of rotatable bonds is 4. The maximum atomic E-state index is 10.8. The van der Waals surface area contributed by atoms with E-state index in [-0.39, 0.29) is 18.0 Å². The normalized spacial score (nSPS) is 11.3. The minimum Gasteiger partial charge on any atom is -0.464 e. The molecule has 0 fully saturated rings. The van der Waals surface area contributed by atoms with Crippen LogP contribution in [0, 0.1) is 5.41 Å². The van der Waals surface area contributed by atoms with E-state index in [1.165, 1.54) is 7.11 Å². The number of hydrogen-bond acceptors (Lipinski definition) is 3. The van der Waals surface area contributed by atoms with E-state index >= 15 is 0 Å². The Balaban J connectivity index is 3.37. The molecular formula is C9H18O3. The highest BCUT2D eigenvalue weighted by Gasteiger charge is 2.11. The highest BCUT2D eigenvalue weighted by molar-refractivity contribution is 5.70.